The van der Waals surface area contributed by atoms with Crippen molar-refractivity contribution in [2.45, 2.75) is 0 Å². The van der Waals surface area contributed by atoms with Gasteiger partial charge in [-0.15, -0.1) is 0 Å². The van der Waals surface area contributed by atoms with E-state index in [0.717, 1.165) is 11.0 Å². The Morgan fingerprint density at radius 1 is 1.82 bits per heavy atom. The lowest BCUT2D eigenvalue weighted by Crippen LogP contribution is -2.13. The van der Waals surface area contributed by atoms with Gasteiger partial charge in [0.25, 0.3) is 11.3 Å². The van der Waals surface area contributed by atoms with E-state index in [-0.39, 0.29) is 11.5 Å². The van der Waals surface area contributed by atoms with Crippen LogP contribution < -0.4 is 11.5 Å². The zero-order chi connectivity index (χ0) is 8.43. The molecule has 56 valence electrons. The monoisotopic (exact) mass is 153 g/mol. The molecule has 0 saturated carbocycles. The number of nitrogen functional groups attached to an aromatic ring is 1. The summed E-state index contributed by atoms with van der Waals surface area (Å²) >= 11 is 0. The highest BCUT2D eigenvalue weighted by Crippen LogP contribution is 2.07. The van der Waals surface area contributed by atoms with E-state index in [0.29, 0.717) is 0 Å². The number of imidazole rings is 1. The van der Waals surface area contributed by atoms with E-state index in [9.17, 15) is 4.79 Å². The Kier molecular flexibility index (Phi) is 1.44. The van der Waals surface area contributed by atoms with E-state index >= 15 is 0 Å². The zero-order valence-electron chi connectivity index (χ0n) is 5.43. The molecule has 1 rings (SSSR count). The molecule has 1 amide bonds. The lowest BCUT2D eigenvalue weighted by Gasteiger charge is -1.85. The highest BCUT2D eigenvalue weighted by Gasteiger charge is 2.17. The SMILES string of the molecule is N#[N+]n1cnc(C(N)=O)c1N. The first-order valence-corrected chi connectivity index (χ1v) is 2.65. The second-order valence-corrected chi connectivity index (χ2v) is 1.78. The predicted molar refractivity (Wildman–Crippen MR) is 35.6 cm³/mol. The molecule has 0 atom stereocenters. The zero-order valence-corrected chi connectivity index (χ0v) is 5.43. The molecule has 0 bridgehead atoms. The fourth-order valence-electron chi connectivity index (χ4n) is 0.610. The maximum Gasteiger partial charge on any atom is 0.318 e. The van der Waals surface area contributed by atoms with Crippen molar-refractivity contribution in [2.75, 3.05) is 5.73 Å². The van der Waals surface area contributed by atoms with Crippen LogP contribution >= 0.6 is 0 Å². The van der Waals surface area contributed by atoms with Gasteiger partial charge in [0.1, 0.15) is 0 Å². The summed E-state index contributed by atoms with van der Waals surface area (Å²) in [4.78, 5) is 14.0. The molecule has 7 nitrogen and oxygen atoms in total. The van der Waals surface area contributed by atoms with Crippen LogP contribution in [0, 0.1) is 5.39 Å². The van der Waals surface area contributed by atoms with Crippen LogP contribution in [0.5, 0.6) is 0 Å². The predicted octanol–water partition coefficient (Wildman–Crippen LogP) is -0.820. The maximum atomic E-state index is 10.5. The molecule has 7 heteroatoms. The number of hydrogen-bond acceptors (Lipinski definition) is 4. The third kappa shape index (κ3) is 0.963. The largest absolute Gasteiger partial charge is 0.377 e. The number of aromatic nitrogens is 2. The van der Waals surface area contributed by atoms with Gasteiger partial charge >= 0.3 is 5.08 Å². The summed E-state index contributed by atoms with van der Waals surface area (Å²) in [7, 11) is 0. The number of hydrogen-bond donors (Lipinski definition) is 2. The molecule has 0 radical (unpaired) electrons. The Bertz CT molecular complexity index is 333. The number of rotatable bonds is 1. The van der Waals surface area contributed by atoms with Gasteiger partial charge in [0.05, 0.1) is 4.68 Å². The van der Waals surface area contributed by atoms with Gasteiger partial charge in [0.15, 0.2) is 12.0 Å². The van der Waals surface area contributed by atoms with Crippen molar-refractivity contribution in [3.63, 3.8) is 0 Å². The molecule has 0 aliphatic rings. The van der Waals surface area contributed by atoms with E-state index in [4.69, 9.17) is 16.9 Å². The molecule has 0 unspecified atom stereocenters. The summed E-state index contributed by atoms with van der Waals surface area (Å²) in [5.74, 6) is -0.843. The standard InChI is InChI=1S/C4H4N6O/c5-3-2(4(6)11)8-1-10(3)9-7/h1H,(H3-,5,6,11)/p+1. The number of nitrogens with zero attached hydrogens (tertiary/aromatic N) is 4. The normalized spacial score (nSPS) is 9.00. The van der Waals surface area contributed by atoms with Gasteiger partial charge in [-0.3, -0.25) is 4.79 Å². The minimum absolute atomic E-state index is 0.0833. The first-order chi connectivity index (χ1) is 5.16. The second kappa shape index (κ2) is 2.26. The third-order valence-electron chi connectivity index (χ3n) is 1.12. The molecule has 0 aromatic carbocycles. The molecular formula is C4H5N6O+. The van der Waals surface area contributed by atoms with Crippen LogP contribution in [0.25, 0.3) is 5.08 Å². The van der Waals surface area contributed by atoms with Crippen molar-refractivity contribution in [2.24, 2.45) is 5.73 Å². The molecule has 11 heavy (non-hydrogen) atoms. The minimum Gasteiger partial charge on any atom is -0.377 e. The second-order valence-electron chi connectivity index (χ2n) is 1.78. The number of carbonyl (C=O) groups excluding carboxylic acids is 1. The number of primary amides is 1. The quantitative estimate of drug-likeness (QED) is 0.512. The van der Waals surface area contributed by atoms with Crippen LogP contribution in [-0.4, -0.2) is 15.6 Å². The molecule has 0 fully saturated rings. The fraction of sp³-hybridized carbons (Fsp3) is 0. The van der Waals surface area contributed by atoms with Gasteiger partial charge in [0.2, 0.25) is 5.82 Å². The molecule has 1 heterocycles. The van der Waals surface area contributed by atoms with Gasteiger partial charge in [-0.25, -0.2) is 4.98 Å². The molecular weight excluding hydrogens is 148 g/mol. The maximum absolute atomic E-state index is 10.5. The van der Waals surface area contributed by atoms with Crippen molar-refractivity contribution in [1.29, 1.82) is 5.39 Å². The number of nitrogens with two attached hydrogens (primary N) is 2. The average Bonchev–Trinajstić information content (AvgIpc) is 2.30. The van der Waals surface area contributed by atoms with Crippen LogP contribution in [0.2, 0.25) is 0 Å². The fourth-order valence-corrected chi connectivity index (χ4v) is 0.610. The van der Waals surface area contributed by atoms with Crippen LogP contribution in [0.3, 0.4) is 0 Å². The molecule has 4 N–H and O–H groups in total. The van der Waals surface area contributed by atoms with E-state index in [1.54, 1.807) is 0 Å². The Balaban J connectivity index is 3.24. The Labute approximate surface area is 61.2 Å². The lowest BCUT2D eigenvalue weighted by molar-refractivity contribution is 0.0997. The summed E-state index contributed by atoms with van der Waals surface area (Å²) in [5.41, 5.74) is 10.0. The molecule has 0 aliphatic heterocycles. The van der Waals surface area contributed by atoms with Crippen molar-refractivity contribution in [3.05, 3.63) is 17.1 Å². The number of diazo groups is 1. The number of amides is 1. The Morgan fingerprint density at radius 2 is 2.45 bits per heavy atom. The molecule has 1 aromatic heterocycles. The van der Waals surface area contributed by atoms with Crippen LogP contribution in [0.15, 0.2) is 6.33 Å². The van der Waals surface area contributed by atoms with Crippen LogP contribution in [0.1, 0.15) is 10.5 Å². The van der Waals surface area contributed by atoms with Gasteiger partial charge in [-0.1, -0.05) is 0 Å². The minimum atomic E-state index is -0.759. The first-order valence-electron chi connectivity index (χ1n) is 2.65. The highest BCUT2D eigenvalue weighted by molar-refractivity contribution is 5.95. The molecule has 1 aromatic rings. The summed E-state index contributed by atoms with van der Waals surface area (Å²) < 4.78 is 0.833. The summed E-state index contributed by atoms with van der Waals surface area (Å²) in [6.45, 7) is 0. The Morgan fingerprint density at radius 3 is 2.73 bits per heavy atom. The number of anilines is 1. The van der Waals surface area contributed by atoms with Crippen molar-refractivity contribution < 1.29 is 4.79 Å². The molecule has 0 saturated heterocycles. The molecule has 0 aliphatic carbocycles. The van der Waals surface area contributed by atoms with E-state index in [1.165, 1.54) is 0 Å². The van der Waals surface area contributed by atoms with Gasteiger partial charge in [-0.05, 0) is 0 Å². The van der Waals surface area contributed by atoms with Gasteiger partial charge in [0, 0.05) is 0 Å². The van der Waals surface area contributed by atoms with E-state index < -0.39 is 5.91 Å². The Hall–Kier alpha value is -2.10. The van der Waals surface area contributed by atoms with E-state index in [1.807, 2.05) is 0 Å². The lowest BCUT2D eigenvalue weighted by atomic mass is 10.4. The van der Waals surface area contributed by atoms with Crippen LogP contribution in [0.4, 0.5) is 5.82 Å². The first kappa shape index (κ1) is 7.01. The van der Waals surface area contributed by atoms with Gasteiger partial charge < -0.3 is 11.5 Å². The number of carbonyl (C=O) groups is 1. The highest BCUT2D eigenvalue weighted by atomic mass is 16.1. The van der Waals surface area contributed by atoms with Crippen molar-refractivity contribution >= 4 is 11.7 Å². The summed E-state index contributed by atoms with van der Waals surface area (Å²) in [5, 5.41) is 10.9. The third-order valence-corrected chi connectivity index (χ3v) is 1.12. The smallest absolute Gasteiger partial charge is 0.318 e. The molecule has 0 spiro atoms. The van der Waals surface area contributed by atoms with Gasteiger partial charge in [-0.2, -0.15) is 0 Å². The van der Waals surface area contributed by atoms with Crippen LogP contribution in [-0.2, 0) is 0 Å². The summed E-state index contributed by atoms with van der Waals surface area (Å²) in [6, 6.07) is 0. The topological polar surface area (TPSA) is 115 Å². The summed E-state index contributed by atoms with van der Waals surface area (Å²) in [6.07, 6.45) is 1.08. The van der Waals surface area contributed by atoms with E-state index in [2.05, 4.69) is 10.1 Å². The average molecular weight is 153 g/mol. The van der Waals surface area contributed by atoms with Crippen molar-refractivity contribution in [3.8, 4) is 0 Å². The van der Waals surface area contributed by atoms with Crippen molar-refractivity contribution in [1.82, 2.24) is 9.66 Å².